The van der Waals surface area contributed by atoms with Gasteiger partial charge in [0.2, 0.25) is 5.95 Å². The molecule has 0 radical (unpaired) electrons. The molecule has 3 fully saturated rings. The maximum Gasteiger partial charge on any atom is 0.238 e. The van der Waals surface area contributed by atoms with Crippen LogP contribution in [0.3, 0.4) is 0 Å². The minimum absolute atomic E-state index is 0.0293. The molecule has 2 bridgehead atoms. The SMILES string of the molecule is Cc1cc(-c2ccc(OCC34CCC(N)(CC3)CC4)c(F)c2)c2cnc(N)nn12. The van der Waals surface area contributed by atoms with Gasteiger partial charge in [-0.25, -0.2) is 13.9 Å². The number of halogens is 1. The number of anilines is 1. The van der Waals surface area contributed by atoms with E-state index in [0.29, 0.717) is 12.4 Å². The van der Waals surface area contributed by atoms with Crippen LogP contribution in [0.15, 0.2) is 30.5 Å². The van der Waals surface area contributed by atoms with Crippen molar-refractivity contribution >= 4 is 11.5 Å². The summed E-state index contributed by atoms with van der Waals surface area (Å²) in [5.74, 6) is 0.153. The second-order valence-corrected chi connectivity index (χ2v) is 8.91. The molecule has 0 amide bonds. The van der Waals surface area contributed by atoms with Crippen LogP contribution >= 0.6 is 0 Å². The van der Waals surface area contributed by atoms with Gasteiger partial charge in [-0.05, 0) is 69.2 Å². The lowest BCUT2D eigenvalue weighted by Gasteiger charge is -2.51. The Kier molecular flexibility index (Phi) is 4.07. The minimum Gasteiger partial charge on any atom is -0.490 e. The van der Waals surface area contributed by atoms with Gasteiger partial charge >= 0.3 is 0 Å². The van der Waals surface area contributed by atoms with Crippen LogP contribution in [0, 0.1) is 18.2 Å². The summed E-state index contributed by atoms with van der Waals surface area (Å²) >= 11 is 0. The van der Waals surface area contributed by atoms with Crippen molar-refractivity contribution in [1.82, 2.24) is 14.6 Å². The highest BCUT2D eigenvalue weighted by molar-refractivity contribution is 5.81. The highest BCUT2D eigenvalue weighted by Gasteiger charge is 2.47. The summed E-state index contributed by atoms with van der Waals surface area (Å²) in [5, 5.41) is 4.22. The zero-order valence-corrected chi connectivity index (χ0v) is 16.6. The van der Waals surface area contributed by atoms with Gasteiger partial charge in [0.25, 0.3) is 0 Å². The van der Waals surface area contributed by atoms with Crippen molar-refractivity contribution < 1.29 is 9.13 Å². The number of nitrogens with two attached hydrogens (primary N) is 2. The van der Waals surface area contributed by atoms with Gasteiger partial charge < -0.3 is 16.2 Å². The van der Waals surface area contributed by atoms with E-state index in [1.807, 2.05) is 19.1 Å². The predicted octanol–water partition coefficient (Wildman–Crippen LogP) is 3.86. The first-order valence-electron chi connectivity index (χ1n) is 10.2. The van der Waals surface area contributed by atoms with Gasteiger partial charge in [-0.1, -0.05) is 6.07 Å². The van der Waals surface area contributed by atoms with Crippen molar-refractivity contribution in [3.63, 3.8) is 0 Å². The molecule has 1 aromatic carbocycles. The molecule has 3 saturated carbocycles. The Morgan fingerprint density at radius 3 is 2.55 bits per heavy atom. The molecule has 0 atom stereocenters. The molecule has 3 aromatic rings. The molecule has 0 spiro atoms. The van der Waals surface area contributed by atoms with Crippen molar-refractivity contribution in [2.24, 2.45) is 11.1 Å². The molecule has 3 aliphatic carbocycles. The smallest absolute Gasteiger partial charge is 0.238 e. The van der Waals surface area contributed by atoms with Crippen LogP contribution in [-0.2, 0) is 0 Å². The first-order chi connectivity index (χ1) is 13.9. The van der Waals surface area contributed by atoms with E-state index in [9.17, 15) is 4.39 Å². The topological polar surface area (TPSA) is 91.5 Å². The van der Waals surface area contributed by atoms with Gasteiger partial charge in [-0.2, -0.15) is 0 Å². The maximum absolute atomic E-state index is 14.9. The fourth-order valence-corrected chi connectivity index (χ4v) is 4.92. The number of nitrogen functional groups attached to an aromatic ring is 1. The highest BCUT2D eigenvalue weighted by Crippen LogP contribution is 2.51. The Labute approximate surface area is 169 Å². The van der Waals surface area contributed by atoms with Crippen LogP contribution in [0.2, 0.25) is 0 Å². The van der Waals surface area contributed by atoms with Crippen LogP contribution in [0.4, 0.5) is 10.3 Å². The number of aromatic nitrogens is 3. The molecule has 2 heterocycles. The summed E-state index contributed by atoms with van der Waals surface area (Å²) in [6.45, 7) is 2.49. The third kappa shape index (κ3) is 3.13. The molecule has 3 aliphatic rings. The predicted molar refractivity (Wildman–Crippen MR) is 110 cm³/mol. The van der Waals surface area contributed by atoms with Gasteiger partial charge in [0.05, 0.1) is 18.3 Å². The Hall–Kier alpha value is -2.67. The molecular formula is C22H26FN5O. The lowest BCUT2D eigenvalue weighted by molar-refractivity contribution is 0.00432. The minimum atomic E-state index is -0.355. The monoisotopic (exact) mass is 395 g/mol. The quantitative estimate of drug-likeness (QED) is 0.700. The van der Waals surface area contributed by atoms with Crippen molar-refractivity contribution in [3.05, 3.63) is 42.0 Å². The van der Waals surface area contributed by atoms with Gasteiger partial charge in [-0.3, -0.25) is 0 Å². The van der Waals surface area contributed by atoms with Crippen LogP contribution < -0.4 is 16.2 Å². The molecule has 7 heteroatoms. The first-order valence-corrected chi connectivity index (χ1v) is 10.2. The molecular weight excluding hydrogens is 369 g/mol. The number of nitrogens with zero attached hydrogens (tertiary/aromatic N) is 3. The zero-order valence-electron chi connectivity index (χ0n) is 16.6. The molecule has 6 rings (SSSR count). The molecule has 2 aromatic heterocycles. The number of fused-ring (bicyclic) bond motifs is 4. The number of rotatable bonds is 4. The zero-order chi connectivity index (χ0) is 20.2. The Morgan fingerprint density at radius 1 is 1.14 bits per heavy atom. The van der Waals surface area contributed by atoms with E-state index in [2.05, 4.69) is 10.1 Å². The molecule has 6 nitrogen and oxygen atoms in total. The van der Waals surface area contributed by atoms with E-state index >= 15 is 0 Å². The van der Waals surface area contributed by atoms with Crippen molar-refractivity contribution in [1.29, 1.82) is 0 Å². The summed E-state index contributed by atoms with van der Waals surface area (Å²) < 4.78 is 22.5. The number of aryl methyl sites for hydroxylation is 1. The molecule has 4 N–H and O–H groups in total. The number of ether oxygens (including phenoxy) is 1. The molecule has 0 saturated heterocycles. The van der Waals surface area contributed by atoms with E-state index in [1.165, 1.54) is 6.07 Å². The summed E-state index contributed by atoms with van der Waals surface area (Å²) in [5.41, 5.74) is 15.6. The van der Waals surface area contributed by atoms with Crippen LogP contribution in [0.25, 0.3) is 16.6 Å². The standard InChI is InChI=1S/C22H26FN5O/c1-14-10-16(18-12-26-20(24)27-28(14)18)15-2-3-19(17(23)11-15)29-13-21-4-7-22(25,8-5-21)9-6-21/h2-3,10-12H,4-9,13,25H2,1H3,(H2,24,27). The Morgan fingerprint density at radius 2 is 1.86 bits per heavy atom. The van der Waals surface area contributed by atoms with Gasteiger partial charge in [0.15, 0.2) is 11.6 Å². The molecule has 29 heavy (non-hydrogen) atoms. The molecule has 0 unspecified atom stereocenters. The summed E-state index contributed by atoms with van der Waals surface area (Å²) in [6.07, 6.45) is 8.02. The largest absolute Gasteiger partial charge is 0.490 e. The summed E-state index contributed by atoms with van der Waals surface area (Å²) in [6, 6.07) is 7.08. The van der Waals surface area contributed by atoms with E-state index in [4.69, 9.17) is 16.2 Å². The second-order valence-electron chi connectivity index (χ2n) is 8.91. The lowest BCUT2D eigenvalue weighted by atomic mass is 9.58. The van der Waals surface area contributed by atoms with Crippen LogP contribution in [0.5, 0.6) is 5.75 Å². The Bertz CT molecular complexity index is 1070. The first kappa shape index (κ1) is 18.4. The third-order valence-electron chi connectivity index (χ3n) is 6.95. The number of benzene rings is 1. The maximum atomic E-state index is 14.9. The normalized spacial score (nSPS) is 26.2. The fraction of sp³-hybridized carbons (Fsp3) is 0.455. The van der Waals surface area contributed by atoms with Crippen LogP contribution in [-0.4, -0.2) is 26.7 Å². The fourth-order valence-electron chi connectivity index (χ4n) is 4.92. The lowest BCUT2D eigenvalue weighted by Crippen LogP contribution is -2.53. The van der Waals surface area contributed by atoms with Crippen molar-refractivity contribution in [2.75, 3.05) is 12.3 Å². The number of hydrogen-bond donors (Lipinski definition) is 2. The summed E-state index contributed by atoms with van der Waals surface area (Å²) in [4.78, 5) is 4.07. The van der Waals surface area contributed by atoms with E-state index in [-0.39, 0.29) is 22.7 Å². The molecule has 152 valence electrons. The second kappa shape index (κ2) is 6.42. The summed E-state index contributed by atoms with van der Waals surface area (Å²) in [7, 11) is 0. The highest BCUT2D eigenvalue weighted by atomic mass is 19.1. The third-order valence-corrected chi connectivity index (χ3v) is 6.95. The number of hydrogen-bond acceptors (Lipinski definition) is 5. The van der Waals surface area contributed by atoms with Gasteiger partial charge in [0.1, 0.15) is 0 Å². The van der Waals surface area contributed by atoms with E-state index < -0.39 is 0 Å². The van der Waals surface area contributed by atoms with Crippen molar-refractivity contribution in [3.8, 4) is 16.9 Å². The van der Waals surface area contributed by atoms with Crippen LogP contribution in [0.1, 0.15) is 44.2 Å². The van der Waals surface area contributed by atoms with Crippen molar-refractivity contribution in [2.45, 2.75) is 51.0 Å². The van der Waals surface area contributed by atoms with E-state index in [0.717, 1.165) is 60.9 Å². The Balaban J connectivity index is 1.37. The average Bonchev–Trinajstić information content (AvgIpc) is 3.04. The van der Waals surface area contributed by atoms with Gasteiger partial charge in [0, 0.05) is 22.2 Å². The molecule has 0 aliphatic heterocycles. The van der Waals surface area contributed by atoms with E-state index in [1.54, 1.807) is 16.8 Å². The average molecular weight is 395 g/mol. The van der Waals surface area contributed by atoms with Gasteiger partial charge in [-0.15, -0.1) is 5.10 Å².